The van der Waals surface area contributed by atoms with Gasteiger partial charge in [-0.1, -0.05) is 31.2 Å². The fraction of sp³-hybridized carbons (Fsp3) is 0.364. The summed E-state index contributed by atoms with van der Waals surface area (Å²) >= 11 is 0. The minimum atomic E-state index is -0.491. The lowest BCUT2D eigenvalue weighted by molar-refractivity contribution is -0.139. The number of piperazine rings is 1. The second kappa shape index (κ2) is 7.28. The van der Waals surface area contributed by atoms with Gasteiger partial charge in [0.25, 0.3) is 0 Å². The maximum atomic E-state index is 14.0. The van der Waals surface area contributed by atoms with Gasteiger partial charge in [0, 0.05) is 24.7 Å². The highest BCUT2D eigenvalue weighted by atomic mass is 19.1. The lowest BCUT2D eigenvalue weighted by Crippen LogP contribution is -2.56. The molecule has 5 rings (SSSR count). The van der Waals surface area contributed by atoms with Gasteiger partial charge in [0.05, 0.1) is 18.3 Å². The molecule has 7 nitrogen and oxygen atoms in total. The van der Waals surface area contributed by atoms with Crippen molar-refractivity contribution >= 4 is 17.6 Å². The zero-order valence-corrected chi connectivity index (χ0v) is 16.6. The largest absolute Gasteiger partial charge is 0.465 e. The highest BCUT2D eigenvalue weighted by molar-refractivity contribution is 5.94. The van der Waals surface area contributed by atoms with Crippen LogP contribution in [0.1, 0.15) is 35.6 Å². The molecule has 0 bridgehead atoms. The number of hydrogen-bond donors (Lipinski definition) is 1. The van der Waals surface area contributed by atoms with Gasteiger partial charge in [0.1, 0.15) is 12.4 Å². The second-order valence-electron chi connectivity index (χ2n) is 7.95. The third-order valence-corrected chi connectivity index (χ3v) is 5.98. The van der Waals surface area contributed by atoms with Crippen LogP contribution in [-0.4, -0.2) is 48.2 Å². The van der Waals surface area contributed by atoms with Crippen molar-refractivity contribution in [2.45, 2.75) is 25.5 Å². The molecule has 3 aliphatic heterocycles. The number of carbonyl (C=O) groups is 2. The van der Waals surface area contributed by atoms with E-state index in [9.17, 15) is 14.0 Å². The Morgan fingerprint density at radius 3 is 2.83 bits per heavy atom. The van der Waals surface area contributed by atoms with Gasteiger partial charge in [0.15, 0.2) is 12.5 Å². The van der Waals surface area contributed by atoms with E-state index in [0.717, 1.165) is 5.56 Å². The summed E-state index contributed by atoms with van der Waals surface area (Å²) in [7, 11) is 0. The molecule has 8 heteroatoms. The molecule has 0 radical (unpaired) electrons. The van der Waals surface area contributed by atoms with Gasteiger partial charge in [-0.05, 0) is 23.1 Å². The molecule has 156 valence electrons. The molecule has 2 unspecified atom stereocenters. The van der Waals surface area contributed by atoms with E-state index in [0.29, 0.717) is 24.4 Å². The molecular weight excluding hydrogens is 389 g/mol. The van der Waals surface area contributed by atoms with Crippen LogP contribution in [0.3, 0.4) is 0 Å². The van der Waals surface area contributed by atoms with Crippen LogP contribution in [-0.2, 0) is 16.1 Å². The Balaban J connectivity index is 1.40. The number of ether oxygens (including phenoxy) is 2. The molecule has 0 saturated carbocycles. The van der Waals surface area contributed by atoms with Crippen LogP contribution in [0.15, 0.2) is 36.4 Å². The summed E-state index contributed by atoms with van der Waals surface area (Å²) in [6.07, 6.45) is 0. The third kappa shape index (κ3) is 3.17. The van der Waals surface area contributed by atoms with Gasteiger partial charge < -0.3 is 24.6 Å². The Morgan fingerprint density at radius 2 is 2.00 bits per heavy atom. The van der Waals surface area contributed by atoms with E-state index < -0.39 is 11.8 Å². The van der Waals surface area contributed by atoms with E-state index in [-0.39, 0.29) is 43.5 Å². The third-order valence-electron chi connectivity index (χ3n) is 5.98. The number of anilines is 1. The monoisotopic (exact) mass is 411 g/mol. The quantitative estimate of drug-likeness (QED) is 0.782. The first kappa shape index (κ1) is 18.9. The Bertz CT molecular complexity index is 1030. The number of fused-ring (bicyclic) bond motifs is 4. The van der Waals surface area contributed by atoms with Gasteiger partial charge in [0.2, 0.25) is 5.91 Å². The van der Waals surface area contributed by atoms with E-state index in [1.807, 2.05) is 23.1 Å². The molecule has 1 saturated heterocycles. The van der Waals surface area contributed by atoms with E-state index in [2.05, 4.69) is 18.3 Å². The lowest BCUT2D eigenvalue weighted by Gasteiger charge is -2.46. The highest BCUT2D eigenvalue weighted by Crippen LogP contribution is 2.39. The van der Waals surface area contributed by atoms with Gasteiger partial charge in [-0.2, -0.15) is 0 Å². The number of urea groups is 1. The molecule has 2 atom stereocenters. The van der Waals surface area contributed by atoms with Crippen LogP contribution in [0.5, 0.6) is 5.75 Å². The molecule has 3 heterocycles. The maximum absolute atomic E-state index is 14.0. The summed E-state index contributed by atoms with van der Waals surface area (Å²) in [6.45, 7) is 3.36. The van der Waals surface area contributed by atoms with E-state index in [4.69, 9.17) is 9.47 Å². The van der Waals surface area contributed by atoms with Crippen molar-refractivity contribution in [1.82, 2.24) is 9.80 Å². The predicted molar refractivity (Wildman–Crippen MR) is 107 cm³/mol. The van der Waals surface area contributed by atoms with Crippen molar-refractivity contribution in [2.24, 2.45) is 0 Å². The molecule has 30 heavy (non-hydrogen) atoms. The summed E-state index contributed by atoms with van der Waals surface area (Å²) < 4.78 is 24.6. The average Bonchev–Trinajstić information content (AvgIpc) is 2.74. The topological polar surface area (TPSA) is 71.1 Å². The smallest absolute Gasteiger partial charge is 0.322 e. The molecule has 1 fully saturated rings. The van der Waals surface area contributed by atoms with Crippen LogP contribution >= 0.6 is 0 Å². The fourth-order valence-corrected chi connectivity index (χ4v) is 4.57. The number of benzene rings is 2. The molecular formula is C22H22FN3O4. The predicted octanol–water partition coefficient (Wildman–Crippen LogP) is 3.23. The van der Waals surface area contributed by atoms with Crippen LogP contribution < -0.4 is 10.1 Å². The van der Waals surface area contributed by atoms with Crippen LogP contribution in [0.2, 0.25) is 0 Å². The first-order valence-corrected chi connectivity index (χ1v) is 9.98. The molecule has 3 amide bonds. The zero-order valence-electron chi connectivity index (χ0n) is 16.6. The molecule has 3 aliphatic rings. The number of rotatable bonds is 1. The van der Waals surface area contributed by atoms with E-state index in [1.165, 1.54) is 22.6 Å². The number of hydrogen-bond acceptors (Lipinski definition) is 4. The summed E-state index contributed by atoms with van der Waals surface area (Å²) in [5.41, 5.74) is 3.06. The number of halogens is 1. The fourth-order valence-electron chi connectivity index (χ4n) is 4.57. The lowest BCUT2D eigenvalue weighted by atomic mass is 9.85. The SMILES string of the molecule is CC1CN2C(=O)CN(C(=O)Nc3cc(F)cc4c3OCOC4)CC2c2ccccc21. The standard InChI is InChI=1S/C22H22FN3O4/c1-13-8-26-19(17-5-3-2-4-16(13)17)9-25(10-20(26)27)22(28)24-18-7-15(23)6-14-11-29-12-30-21(14)18/h2-7,13,19H,8-12H2,1H3,(H,24,28). The van der Waals surface area contributed by atoms with Crippen molar-refractivity contribution in [3.05, 3.63) is 58.9 Å². The van der Waals surface area contributed by atoms with Gasteiger partial charge in [-0.25, -0.2) is 9.18 Å². The summed E-state index contributed by atoms with van der Waals surface area (Å²) in [5, 5.41) is 2.73. The van der Waals surface area contributed by atoms with Gasteiger partial charge >= 0.3 is 6.03 Å². The van der Waals surface area contributed by atoms with E-state index in [1.54, 1.807) is 0 Å². The van der Waals surface area contributed by atoms with Crippen LogP contribution in [0, 0.1) is 5.82 Å². The van der Waals surface area contributed by atoms with Crippen LogP contribution in [0.4, 0.5) is 14.9 Å². The molecule has 2 aromatic rings. The van der Waals surface area contributed by atoms with Crippen molar-refractivity contribution in [2.75, 3.05) is 31.7 Å². The second-order valence-corrected chi connectivity index (χ2v) is 7.95. The van der Waals surface area contributed by atoms with Crippen LogP contribution in [0.25, 0.3) is 0 Å². The van der Waals surface area contributed by atoms with Gasteiger partial charge in [-0.3, -0.25) is 4.79 Å². The number of nitrogens with one attached hydrogen (secondary N) is 1. The Labute approximate surface area is 173 Å². The Kier molecular flexibility index (Phi) is 4.58. The highest BCUT2D eigenvalue weighted by Gasteiger charge is 2.40. The first-order chi connectivity index (χ1) is 14.5. The normalized spacial score (nSPS) is 22.5. The van der Waals surface area contributed by atoms with Crippen molar-refractivity contribution in [3.63, 3.8) is 0 Å². The number of amides is 3. The van der Waals surface area contributed by atoms with Gasteiger partial charge in [-0.15, -0.1) is 0 Å². The molecule has 0 aliphatic carbocycles. The average molecular weight is 411 g/mol. The van der Waals surface area contributed by atoms with E-state index >= 15 is 0 Å². The minimum Gasteiger partial charge on any atom is -0.465 e. The minimum absolute atomic E-state index is 0.0152. The Morgan fingerprint density at radius 1 is 1.20 bits per heavy atom. The molecule has 0 spiro atoms. The molecule has 0 aromatic heterocycles. The van der Waals surface area contributed by atoms with Crippen molar-refractivity contribution in [1.29, 1.82) is 0 Å². The first-order valence-electron chi connectivity index (χ1n) is 9.98. The van der Waals surface area contributed by atoms with Crippen molar-refractivity contribution in [3.8, 4) is 5.75 Å². The zero-order chi connectivity index (χ0) is 20.8. The summed E-state index contributed by atoms with van der Waals surface area (Å²) in [4.78, 5) is 29.2. The summed E-state index contributed by atoms with van der Waals surface area (Å²) in [6, 6.07) is 9.96. The Hall–Kier alpha value is -3.13. The van der Waals surface area contributed by atoms with Crippen molar-refractivity contribution < 1.29 is 23.5 Å². The molecule has 1 N–H and O–H groups in total. The number of carbonyl (C=O) groups excluding carboxylic acids is 2. The molecule has 2 aromatic carbocycles. The maximum Gasteiger partial charge on any atom is 0.322 e. The summed E-state index contributed by atoms with van der Waals surface area (Å²) in [5.74, 6) is 0.0701. The number of nitrogens with zero attached hydrogens (tertiary/aromatic N) is 2.